The fraction of sp³-hybridized carbons (Fsp3) is 0.250. The van der Waals surface area contributed by atoms with Crippen LogP contribution in [0.1, 0.15) is 18.9 Å². The fourth-order valence-corrected chi connectivity index (χ4v) is 2.32. The summed E-state index contributed by atoms with van der Waals surface area (Å²) >= 11 is 5.88. The van der Waals surface area contributed by atoms with Gasteiger partial charge in [-0.25, -0.2) is 8.78 Å². The van der Waals surface area contributed by atoms with Gasteiger partial charge in [0, 0.05) is 11.6 Å². The van der Waals surface area contributed by atoms with Gasteiger partial charge < -0.3 is 5.32 Å². The molecule has 0 saturated carbocycles. The van der Waals surface area contributed by atoms with Crippen molar-refractivity contribution in [3.05, 3.63) is 58.6 Å². The van der Waals surface area contributed by atoms with Gasteiger partial charge in [0.2, 0.25) is 0 Å². The van der Waals surface area contributed by atoms with Crippen LogP contribution >= 0.6 is 11.6 Å². The third-order valence-electron chi connectivity index (χ3n) is 2.98. The minimum absolute atomic E-state index is 0.301. The van der Waals surface area contributed by atoms with E-state index in [9.17, 15) is 8.78 Å². The van der Waals surface area contributed by atoms with Crippen LogP contribution in [0.15, 0.2) is 36.4 Å². The van der Waals surface area contributed by atoms with Gasteiger partial charge in [0.1, 0.15) is 11.6 Å². The van der Waals surface area contributed by atoms with Crippen LogP contribution in [0.4, 0.5) is 8.78 Å². The molecule has 0 aliphatic rings. The molecule has 2 aromatic carbocycles. The zero-order valence-corrected chi connectivity index (χ0v) is 12.0. The normalized spacial score (nSPS) is 10.8. The van der Waals surface area contributed by atoms with Gasteiger partial charge in [-0.15, -0.1) is 0 Å². The first kappa shape index (κ1) is 14.9. The molecule has 1 N–H and O–H groups in total. The lowest BCUT2D eigenvalue weighted by atomic mass is 9.99. The van der Waals surface area contributed by atoms with Crippen molar-refractivity contribution in [2.45, 2.75) is 19.9 Å². The summed E-state index contributed by atoms with van der Waals surface area (Å²) in [6.07, 6.45) is 0.996. The molecule has 106 valence electrons. The van der Waals surface area contributed by atoms with E-state index < -0.39 is 5.82 Å². The summed E-state index contributed by atoms with van der Waals surface area (Å²) in [4.78, 5) is 0. The lowest BCUT2D eigenvalue weighted by Gasteiger charge is -2.11. The van der Waals surface area contributed by atoms with Crippen LogP contribution in [0.5, 0.6) is 0 Å². The van der Waals surface area contributed by atoms with Crippen molar-refractivity contribution in [1.29, 1.82) is 0 Å². The summed E-state index contributed by atoms with van der Waals surface area (Å²) in [6.45, 7) is 3.45. The SMILES string of the molecule is CCCNCc1cc(F)ccc1-c1cc(F)cc(Cl)c1. The predicted molar refractivity (Wildman–Crippen MR) is 78.8 cm³/mol. The summed E-state index contributed by atoms with van der Waals surface area (Å²) in [5.74, 6) is -0.700. The van der Waals surface area contributed by atoms with Gasteiger partial charge in [0.25, 0.3) is 0 Å². The van der Waals surface area contributed by atoms with E-state index in [-0.39, 0.29) is 5.82 Å². The van der Waals surface area contributed by atoms with Crippen molar-refractivity contribution in [3.63, 3.8) is 0 Å². The number of hydrogen-bond donors (Lipinski definition) is 1. The molecule has 0 heterocycles. The van der Waals surface area contributed by atoms with Gasteiger partial charge in [-0.1, -0.05) is 24.6 Å². The molecule has 0 spiro atoms. The molecule has 0 aliphatic carbocycles. The third kappa shape index (κ3) is 3.78. The van der Waals surface area contributed by atoms with Crippen LogP contribution in [0, 0.1) is 11.6 Å². The Morgan fingerprint density at radius 2 is 1.85 bits per heavy atom. The Labute approximate surface area is 122 Å². The van der Waals surface area contributed by atoms with E-state index in [4.69, 9.17) is 11.6 Å². The van der Waals surface area contributed by atoms with E-state index in [2.05, 4.69) is 12.2 Å². The highest BCUT2D eigenvalue weighted by atomic mass is 35.5. The standard InChI is InChI=1S/C16H16ClF2N/c1-2-5-20-10-12-8-14(18)3-4-16(12)11-6-13(17)9-15(19)7-11/h3-4,6-9,20H,2,5,10H2,1H3. The van der Waals surface area contributed by atoms with Crippen LogP contribution in [-0.2, 0) is 6.54 Å². The summed E-state index contributed by atoms with van der Waals surface area (Å²) < 4.78 is 26.9. The average Bonchev–Trinajstić information content (AvgIpc) is 2.38. The third-order valence-corrected chi connectivity index (χ3v) is 3.20. The Bertz CT molecular complexity index is 579. The molecule has 4 heteroatoms. The first-order valence-corrected chi connectivity index (χ1v) is 6.93. The van der Waals surface area contributed by atoms with E-state index in [1.54, 1.807) is 12.1 Å². The average molecular weight is 296 g/mol. The monoisotopic (exact) mass is 295 g/mol. The van der Waals surface area contributed by atoms with Crippen molar-refractivity contribution in [2.75, 3.05) is 6.54 Å². The minimum Gasteiger partial charge on any atom is -0.313 e. The zero-order chi connectivity index (χ0) is 14.5. The molecule has 0 aliphatic heterocycles. The second-order valence-corrected chi connectivity index (χ2v) is 5.07. The van der Waals surface area contributed by atoms with Gasteiger partial charge in [-0.3, -0.25) is 0 Å². The van der Waals surface area contributed by atoms with E-state index in [0.29, 0.717) is 17.1 Å². The molecular formula is C16H16ClF2N. The maximum absolute atomic E-state index is 13.5. The molecule has 2 aromatic rings. The fourth-order valence-electron chi connectivity index (χ4n) is 2.10. The lowest BCUT2D eigenvalue weighted by Crippen LogP contribution is -2.14. The highest BCUT2D eigenvalue weighted by molar-refractivity contribution is 6.30. The van der Waals surface area contributed by atoms with Gasteiger partial charge in [0.05, 0.1) is 0 Å². The van der Waals surface area contributed by atoms with E-state index in [1.165, 1.54) is 24.3 Å². The van der Waals surface area contributed by atoms with Crippen LogP contribution in [0.2, 0.25) is 5.02 Å². The number of benzene rings is 2. The maximum Gasteiger partial charge on any atom is 0.125 e. The summed E-state index contributed by atoms with van der Waals surface area (Å²) in [5, 5.41) is 3.55. The van der Waals surface area contributed by atoms with E-state index in [1.807, 2.05) is 0 Å². The van der Waals surface area contributed by atoms with Crippen LogP contribution in [-0.4, -0.2) is 6.54 Å². The van der Waals surface area contributed by atoms with E-state index in [0.717, 1.165) is 24.1 Å². The molecule has 0 radical (unpaired) electrons. The Balaban J connectivity index is 2.39. The van der Waals surface area contributed by atoms with Crippen LogP contribution in [0.3, 0.4) is 0 Å². The largest absolute Gasteiger partial charge is 0.313 e. The molecular weight excluding hydrogens is 280 g/mol. The molecule has 0 fully saturated rings. The summed E-state index contributed by atoms with van der Waals surface area (Å²) in [7, 11) is 0. The highest BCUT2D eigenvalue weighted by Gasteiger charge is 2.08. The molecule has 0 amide bonds. The van der Waals surface area contributed by atoms with Gasteiger partial charge in [-0.05, 0) is 60.0 Å². The molecule has 0 atom stereocenters. The van der Waals surface area contributed by atoms with Crippen molar-refractivity contribution in [3.8, 4) is 11.1 Å². The number of halogens is 3. The first-order valence-electron chi connectivity index (χ1n) is 6.55. The highest BCUT2D eigenvalue weighted by Crippen LogP contribution is 2.28. The molecule has 0 bridgehead atoms. The van der Waals surface area contributed by atoms with Crippen LogP contribution in [0.25, 0.3) is 11.1 Å². The zero-order valence-electron chi connectivity index (χ0n) is 11.2. The Hall–Kier alpha value is -1.45. The molecule has 20 heavy (non-hydrogen) atoms. The molecule has 0 saturated heterocycles. The van der Waals surface area contributed by atoms with Crippen molar-refractivity contribution in [1.82, 2.24) is 5.32 Å². The number of nitrogens with one attached hydrogen (secondary N) is 1. The maximum atomic E-state index is 13.5. The minimum atomic E-state index is -0.399. The topological polar surface area (TPSA) is 12.0 Å². The van der Waals surface area contributed by atoms with E-state index >= 15 is 0 Å². The molecule has 0 aromatic heterocycles. The van der Waals surface area contributed by atoms with Crippen molar-refractivity contribution < 1.29 is 8.78 Å². The summed E-state index contributed by atoms with van der Waals surface area (Å²) in [6, 6.07) is 8.84. The quantitative estimate of drug-likeness (QED) is 0.782. The molecule has 0 unspecified atom stereocenters. The first-order chi connectivity index (χ1) is 9.60. The molecule has 1 nitrogen and oxygen atoms in total. The second-order valence-electron chi connectivity index (χ2n) is 4.64. The Kier molecular flexibility index (Phi) is 5.10. The number of hydrogen-bond acceptors (Lipinski definition) is 1. The Morgan fingerprint density at radius 1 is 1.05 bits per heavy atom. The molecule has 2 rings (SSSR count). The smallest absolute Gasteiger partial charge is 0.125 e. The number of rotatable bonds is 5. The second kappa shape index (κ2) is 6.82. The van der Waals surface area contributed by atoms with Crippen molar-refractivity contribution >= 4 is 11.6 Å². The van der Waals surface area contributed by atoms with Gasteiger partial charge >= 0.3 is 0 Å². The Morgan fingerprint density at radius 3 is 2.55 bits per heavy atom. The van der Waals surface area contributed by atoms with Gasteiger partial charge in [-0.2, -0.15) is 0 Å². The summed E-state index contributed by atoms with van der Waals surface area (Å²) in [5.41, 5.74) is 2.24. The van der Waals surface area contributed by atoms with Crippen LogP contribution < -0.4 is 5.32 Å². The van der Waals surface area contributed by atoms with Gasteiger partial charge in [0.15, 0.2) is 0 Å². The lowest BCUT2D eigenvalue weighted by molar-refractivity contribution is 0.619. The van der Waals surface area contributed by atoms with Crippen molar-refractivity contribution in [2.24, 2.45) is 0 Å². The predicted octanol–water partition coefficient (Wildman–Crippen LogP) is 4.78.